The maximum atomic E-state index is 12.9. The summed E-state index contributed by atoms with van der Waals surface area (Å²) in [5.41, 5.74) is 0.777. The first-order chi connectivity index (χ1) is 7.09. The Morgan fingerprint density at radius 2 is 1.73 bits per heavy atom. The minimum absolute atomic E-state index is 0.256. The van der Waals surface area contributed by atoms with Gasteiger partial charge in [0.25, 0.3) is 0 Å². The summed E-state index contributed by atoms with van der Waals surface area (Å²) < 4.78 is 40.0. The number of benzene rings is 1. The molecule has 0 saturated heterocycles. The fourth-order valence-corrected chi connectivity index (χ4v) is 1.36. The average Bonchev–Trinajstić information content (AvgIpc) is 2.60. The predicted molar refractivity (Wildman–Crippen MR) is 48.5 cm³/mol. The normalized spacial score (nSPS) is 10.7. The summed E-state index contributed by atoms with van der Waals surface area (Å²) in [5, 5.41) is 3.85. The second kappa shape index (κ2) is 3.42. The quantitative estimate of drug-likeness (QED) is 0.664. The van der Waals surface area contributed by atoms with Gasteiger partial charge < -0.3 is 0 Å². The Morgan fingerprint density at radius 3 is 2.20 bits per heavy atom. The van der Waals surface area contributed by atoms with Gasteiger partial charge in [0.15, 0.2) is 17.5 Å². The topological polar surface area (TPSA) is 17.8 Å². The van der Waals surface area contributed by atoms with Gasteiger partial charge in [-0.3, -0.25) is 4.68 Å². The molecule has 5 heteroatoms. The van der Waals surface area contributed by atoms with E-state index in [1.807, 2.05) is 0 Å². The molecule has 0 radical (unpaired) electrons. The lowest BCUT2D eigenvalue weighted by atomic mass is 10.1. The Labute approximate surface area is 84.0 Å². The summed E-state index contributed by atoms with van der Waals surface area (Å²) in [6, 6.07) is 3.47. The van der Waals surface area contributed by atoms with Gasteiger partial charge >= 0.3 is 0 Å². The van der Waals surface area contributed by atoms with Crippen LogP contribution < -0.4 is 0 Å². The molecular weight excluding hydrogens is 205 g/mol. The number of nitrogens with zero attached hydrogens (tertiary/aromatic N) is 2. The summed E-state index contributed by atoms with van der Waals surface area (Å²) in [6.45, 7) is 0. The lowest BCUT2D eigenvalue weighted by Crippen LogP contribution is -1.96. The van der Waals surface area contributed by atoms with Gasteiger partial charge in [0.2, 0.25) is 0 Å². The van der Waals surface area contributed by atoms with Gasteiger partial charge in [-0.25, -0.2) is 13.2 Å². The van der Waals surface area contributed by atoms with Crippen LogP contribution in [0.15, 0.2) is 24.4 Å². The highest BCUT2D eigenvalue weighted by Crippen LogP contribution is 2.22. The first-order valence-corrected chi connectivity index (χ1v) is 4.22. The summed E-state index contributed by atoms with van der Waals surface area (Å²) in [6.07, 6.45) is 1.49. The van der Waals surface area contributed by atoms with E-state index in [0.717, 1.165) is 12.1 Å². The van der Waals surface area contributed by atoms with Crippen molar-refractivity contribution in [2.45, 2.75) is 0 Å². The number of hydrogen-bond donors (Lipinski definition) is 0. The molecule has 0 aliphatic rings. The molecule has 0 bridgehead atoms. The molecule has 78 valence electrons. The van der Waals surface area contributed by atoms with E-state index >= 15 is 0 Å². The van der Waals surface area contributed by atoms with E-state index in [-0.39, 0.29) is 5.56 Å². The highest BCUT2D eigenvalue weighted by atomic mass is 19.2. The van der Waals surface area contributed by atoms with Crippen LogP contribution in [-0.2, 0) is 7.05 Å². The molecule has 0 aliphatic heterocycles. The largest absolute Gasteiger partial charge is 0.268 e. The molecule has 15 heavy (non-hydrogen) atoms. The van der Waals surface area contributed by atoms with Gasteiger partial charge in [-0.15, -0.1) is 0 Å². The third-order valence-electron chi connectivity index (χ3n) is 2.10. The van der Waals surface area contributed by atoms with Crippen LogP contribution >= 0.6 is 0 Å². The zero-order valence-electron chi connectivity index (χ0n) is 7.84. The van der Waals surface area contributed by atoms with Gasteiger partial charge in [-0.05, 0) is 18.2 Å². The molecule has 1 aromatic heterocycles. The van der Waals surface area contributed by atoms with Crippen molar-refractivity contribution in [3.8, 4) is 11.3 Å². The van der Waals surface area contributed by atoms with E-state index in [1.54, 1.807) is 13.1 Å². The Balaban J connectivity index is 2.60. The predicted octanol–water partition coefficient (Wildman–Crippen LogP) is 2.50. The number of hydrogen-bond acceptors (Lipinski definition) is 1. The monoisotopic (exact) mass is 212 g/mol. The molecule has 0 amide bonds. The molecule has 2 rings (SSSR count). The molecule has 0 saturated carbocycles. The summed E-state index contributed by atoms with van der Waals surface area (Å²) >= 11 is 0. The van der Waals surface area contributed by atoms with Crippen LogP contribution in [0.25, 0.3) is 11.3 Å². The number of aryl methyl sites for hydroxylation is 1. The smallest absolute Gasteiger partial charge is 0.194 e. The molecule has 2 nitrogen and oxygen atoms in total. The van der Waals surface area contributed by atoms with Crippen LogP contribution in [0.2, 0.25) is 0 Å². The molecule has 1 heterocycles. The maximum Gasteiger partial charge on any atom is 0.194 e. The molecule has 0 aliphatic carbocycles. The van der Waals surface area contributed by atoms with Gasteiger partial charge in [0.1, 0.15) is 0 Å². The van der Waals surface area contributed by atoms with Crippen LogP contribution in [0.3, 0.4) is 0 Å². The molecular formula is C10H7F3N2. The Bertz CT molecular complexity index is 482. The SMILES string of the molecule is Cn1nccc1-c1cc(F)c(F)c(F)c1. The molecule has 0 atom stereocenters. The van der Waals surface area contributed by atoms with Crippen LogP contribution in [0, 0.1) is 17.5 Å². The molecule has 0 unspecified atom stereocenters. The number of rotatable bonds is 1. The lowest BCUT2D eigenvalue weighted by Gasteiger charge is -2.03. The highest BCUT2D eigenvalue weighted by molar-refractivity contribution is 5.59. The first kappa shape index (κ1) is 9.76. The van der Waals surface area contributed by atoms with Crippen LogP contribution in [0.1, 0.15) is 0 Å². The van der Waals surface area contributed by atoms with E-state index in [1.165, 1.54) is 10.9 Å². The summed E-state index contributed by atoms with van der Waals surface area (Å²) in [4.78, 5) is 0. The van der Waals surface area contributed by atoms with Gasteiger partial charge in [-0.2, -0.15) is 5.10 Å². The maximum absolute atomic E-state index is 12.9. The van der Waals surface area contributed by atoms with Crippen molar-refractivity contribution in [3.63, 3.8) is 0 Å². The van der Waals surface area contributed by atoms with Crippen molar-refractivity contribution in [3.05, 3.63) is 41.8 Å². The van der Waals surface area contributed by atoms with Gasteiger partial charge in [-0.1, -0.05) is 0 Å². The van der Waals surface area contributed by atoms with Crippen LogP contribution in [0.4, 0.5) is 13.2 Å². The Hall–Kier alpha value is -1.78. The van der Waals surface area contributed by atoms with Crippen molar-refractivity contribution in [1.29, 1.82) is 0 Å². The van der Waals surface area contributed by atoms with E-state index < -0.39 is 17.5 Å². The zero-order chi connectivity index (χ0) is 11.0. The third-order valence-corrected chi connectivity index (χ3v) is 2.10. The fourth-order valence-electron chi connectivity index (χ4n) is 1.36. The fraction of sp³-hybridized carbons (Fsp3) is 0.100. The summed E-state index contributed by atoms with van der Waals surface area (Å²) in [5.74, 6) is -3.86. The van der Waals surface area contributed by atoms with Crippen molar-refractivity contribution >= 4 is 0 Å². The Morgan fingerprint density at radius 1 is 1.13 bits per heavy atom. The Kier molecular flexibility index (Phi) is 2.22. The van der Waals surface area contributed by atoms with Crippen LogP contribution in [0.5, 0.6) is 0 Å². The van der Waals surface area contributed by atoms with Crippen molar-refractivity contribution in [2.24, 2.45) is 7.05 Å². The lowest BCUT2D eigenvalue weighted by molar-refractivity contribution is 0.447. The van der Waals surface area contributed by atoms with Gasteiger partial charge in [0, 0.05) is 18.8 Å². The van der Waals surface area contributed by atoms with E-state index in [2.05, 4.69) is 5.10 Å². The zero-order valence-corrected chi connectivity index (χ0v) is 7.84. The minimum atomic E-state index is -1.46. The van der Waals surface area contributed by atoms with Gasteiger partial charge in [0.05, 0.1) is 5.69 Å². The van der Waals surface area contributed by atoms with Crippen molar-refractivity contribution in [1.82, 2.24) is 9.78 Å². The first-order valence-electron chi connectivity index (χ1n) is 4.22. The second-order valence-corrected chi connectivity index (χ2v) is 3.09. The standard InChI is InChI=1S/C10H7F3N2/c1-15-9(2-3-14-15)6-4-7(11)10(13)8(12)5-6/h2-5H,1H3. The van der Waals surface area contributed by atoms with E-state index in [0.29, 0.717) is 5.69 Å². The highest BCUT2D eigenvalue weighted by Gasteiger charge is 2.12. The minimum Gasteiger partial charge on any atom is -0.268 e. The molecule has 0 fully saturated rings. The summed E-state index contributed by atoms with van der Waals surface area (Å²) in [7, 11) is 1.63. The van der Waals surface area contributed by atoms with Crippen LogP contribution in [-0.4, -0.2) is 9.78 Å². The number of aromatic nitrogens is 2. The van der Waals surface area contributed by atoms with Crippen molar-refractivity contribution < 1.29 is 13.2 Å². The number of halogens is 3. The molecule has 0 spiro atoms. The molecule has 2 aromatic rings. The third kappa shape index (κ3) is 1.60. The second-order valence-electron chi connectivity index (χ2n) is 3.09. The average molecular weight is 212 g/mol. The molecule has 0 N–H and O–H groups in total. The van der Waals surface area contributed by atoms with E-state index in [4.69, 9.17) is 0 Å². The molecule has 1 aromatic carbocycles. The van der Waals surface area contributed by atoms with E-state index in [9.17, 15) is 13.2 Å². The van der Waals surface area contributed by atoms with Crippen molar-refractivity contribution in [2.75, 3.05) is 0 Å².